The molecule has 0 spiro atoms. The first-order valence-electron chi connectivity index (χ1n) is 7.83. The molecule has 1 N–H and O–H groups in total. The summed E-state index contributed by atoms with van der Waals surface area (Å²) in [5.74, 6) is 1.15. The summed E-state index contributed by atoms with van der Waals surface area (Å²) in [4.78, 5) is 0.340. The van der Waals surface area contributed by atoms with Crippen molar-refractivity contribution in [2.24, 2.45) is 5.92 Å². The SMILES string of the molecule is CNC1CCN(S(=O)(=O)c2ccc(OCC(C)C)cc2)CC1. The normalized spacial score (nSPS) is 17.8. The number of benzene rings is 1. The Morgan fingerprint density at radius 1 is 1.23 bits per heavy atom. The van der Waals surface area contributed by atoms with Crippen molar-refractivity contribution in [1.82, 2.24) is 9.62 Å². The maximum Gasteiger partial charge on any atom is 0.243 e. The summed E-state index contributed by atoms with van der Waals surface area (Å²) in [6.45, 7) is 5.92. The summed E-state index contributed by atoms with van der Waals surface area (Å²) >= 11 is 0. The molecule has 22 heavy (non-hydrogen) atoms. The number of hydrogen-bond acceptors (Lipinski definition) is 4. The van der Waals surface area contributed by atoms with Gasteiger partial charge in [0, 0.05) is 19.1 Å². The molecule has 1 fully saturated rings. The van der Waals surface area contributed by atoms with E-state index in [0.29, 0.717) is 42.3 Å². The van der Waals surface area contributed by atoms with Crippen LogP contribution in [0.4, 0.5) is 0 Å². The molecular weight excluding hydrogens is 300 g/mol. The highest BCUT2D eigenvalue weighted by Gasteiger charge is 2.28. The standard InChI is InChI=1S/C16H26N2O3S/c1-13(2)12-21-15-4-6-16(7-5-15)22(19,20)18-10-8-14(17-3)9-11-18/h4-7,13-14,17H,8-12H2,1-3H3. The topological polar surface area (TPSA) is 58.6 Å². The maximum atomic E-state index is 12.6. The highest BCUT2D eigenvalue weighted by molar-refractivity contribution is 7.89. The third-order valence-corrected chi connectivity index (χ3v) is 5.82. The molecule has 0 bridgehead atoms. The van der Waals surface area contributed by atoms with Gasteiger partial charge in [0.1, 0.15) is 5.75 Å². The third-order valence-electron chi connectivity index (χ3n) is 3.91. The van der Waals surface area contributed by atoms with Crippen molar-refractivity contribution in [1.29, 1.82) is 0 Å². The lowest BCUT2D eigenvalue weighted by atomic mass is 10.1. The first kappa shape index (κ1) is 17.2. The summed E-state index contributed by atoms with van der Waals surface area (Å²) in [5, 5.41) is 3.21. The van der Waals surface area contributed by atoms with Crippen LogP contribution in [0.3, 0.4) is 0 Å². The molecule has 0 unspecified atom stereocenters. The van der Waals surface area contributed by atoms with E-state index >= 15 is 0 Å². The van der Waals surface area contributed by atoms with Crippen molar-refractivity contribution in [2.75, 3.05) is 26.7 Å². The molecule has 0 aromatic heterocycles. The molecule has 0 aliphatic carbocycles. The zero-order chi connectivity index (χ0) is 16.2. The van der Waals surface area contributed by atoms with Crippen LogP contribution in [0.2, 0.25) is 0 Å². The van der Waals surface area contributed by atoms with Crippen LogP contribution in [0.25, 0.3) is 0 Å². The largest absolute Gasteiger partial charge is 0.493 e. The fourth-order valence-electron chi connectivity index (χ4n) is 2.50. The summed E-state index contributed by atoms with van der Waals surface area (Å²) < 4.78 is 32.4. The predicted octanol–water partition coefficient (Wildman–Crippen LogP) is 2.09. The zero-order valence-corrected chi connectivity index (χ0v) is 14.4. The van der Waals surface area contributed by atoms with E-state index in [1.807, 2.05) is 7.05 Å². The van der Waals surface area contributed by atoms with Crippen LogP contribution in [0.5, 0.6) is 5.75 Å². The monoisotopic (exact) mass is 326 g/mol. The average Bonchev–Trinajstić information content (AvgIpc) is 2.53. The van der Waals surface area contributed by atoms with E-state index < -0.39 is 10.0 Å². The molecule has 1 aromatic carbocycles. The van der Waals surface area contributed by atoms with E-state index in [1.54, 1.807) is 28.6 Å². The van der Waals surface area contributed by atoms with Gasteiger partial charge < -0.3 is 10.1 Å². The van der Waals surface area contributed by atoms with E-state index in [1.165, 1.54) is 0 Å². The first-order valence-corrected chi connectivity index (χ1v) is 9.27. The van der Waals surface area contributed by atoms with Gasteiger partial charge in [0.05, 0.1) is 11.5 Å². The van der Waals surface area contributed by atoms with E-state index in [9.17, 15) is 8.42 Å². The number of nitrogens with one attached hydrogen (secondary N) is 1. The number of nitrogens with zero attached hydrogens (tertiary/aromatic N) is 1. The zero-order valence-electron chi connectivity index (χ0n) is 13.6. The lowest BCUT2D eigenvalue weighted by molar-refractivity contribution is 0.271. The highest BCUT2D eigenvalue weighted by Crippen LogP contribution is 2.23. The Hall–Kier alpha value is -1.11. The van der Waals surface area contributed by atoms with Gasteiger partial charge in [-0.2, -0.15) is 4.31 Å². The second-order valence-electron chi connectivity index (χ2n) is 6.14. The third kappa shape index (κ3) is 4.21. The van der Waals surface area contributed by atoms with E-state index in [0.717, 1.165) is 12.8 Å². The molecular formula is C16H26N2O3S. The molecule has 2 rings (SSSR count). The van der Waals surface area contributed by atoms with Crippen molar-refractivity contribution in [3.63, 3.8) is 0 Å². The van der Waals surface area contributed by atoms with Gasteiger partial charge in [-0.1, -0.05) is 13.8 Å². The highest BCUT2D eigenvalue weighted by atomic mass is 32.2. The number of rotatable bonds is 6. The first-order chi connectivity index (χ1) is 10.4. The molecule has 0 saturated carbocycles. The quantitative estimate of drug-likeness (QED) is 0.870. The molecule has 1 aliphatic heterocycles. The van der Waals surface area contributed by atoms with Crippen LogP contribution in [0.15, 0.2) is 29.2 Å². The van der Waals surface area contributed by atoms with Gasteiger partial charge in [0.2, 0.25) is 10.0 Å². The number of hydrogen-bond donors (Lipinski definition) is 1. The fourth-order valence-corrected chi connectivity index (χ4v) is 3.97. The molecule has 1 saturated heterocycles. The maximum absolute atomic E-state index is 12.6. The minimum absolute atomic E-state index is 0.340. The predicted molar refractivity (Wildman–Crippen MR) is 87.6 cm³/mol. The van der Waals surface area contributed by atoms with Gasteiger partial charge >= 0.3 is 0 Å². The number of piperidine rings is 1. The average molecular weight is 326 g/mol. The molecule has 6 heteroatoms. The van der Waals surface area contributed by atoms with E-state index in [4.69, 9.17) is 4.74 Å². The van der Waals surface area contributed by atoms with E-state index in [2.05, 4.69) is 19.2 Å². The van der Waals surface area contributed by atoms with Crippen LogP contribution < -0.4 is 10.1 Å². The van der Waals surface area contributed by atoms with Crippen LogP contribution >= 0.6 is 0 Å². The van der Waals surface area contributed by atoms with Crippen molar-refractivity contribution < 1.29 is 13.2 Å². The molecule has 0 atom stereocenters. The van der Waals surface area contributed by atoms with Crippen molar-refractivity contribution in [2.45, 2.75) is 37.6 Å². The summed E-state index contributed by atoms with van der Waals surface area (Å²) in [7, 11) is -1.47. The van der Waals surface area contributed by atoms with Crippen LogP contribution in [-0.4, -0.2) is 45.5 Å². The number of sulfonamides is 1. The van der Waals surface area contributed by atoms with Gasteiger partial charge in [-0.3, -0.25) is 0 Å². The Morgan fingerprint density at radius 3 is 2.32 bits per heavy atom. The fraction of sp³-hybridized carbons (Fsp3) is 0.625. The minimum Gasteiger partial charge on any atom is -0.493 e. The van der Waals surface area contributed by atoms with Crippen LogP contribution in [-0.2, 0) is 10.0 Å². The van der Waals surface area contributed by atoms with Gasteiger partial charge in [0.15, 0.2) is 0 Å². The van der Waals surface area contributed by atoms with E-state index in [-0.39, 0.29) is 0 Å². The summed E-state index contributed by atoms with van der Waals surface area (Å²) in [6.07, 6.45) is 1.70. The molecule has 0 amide bonds. The molecule has 1 aliphatic rings. The molecule has 0 radical (unpaired) electrons. The van der Waals surface area contributed by atoms with Crippen molar-refractivity contribution >= 4 is 10.0 Å². The van der Waals surface area contributed by atoms with Crippen molar-refractivity contribution in [3.05, 3.63) is 24.3 Å². The second kappa shape index (κ2) is 7.44. The van der Waals surface area contributed by atoms with Gasteiger partial charge in [-0.25, -0.2) is 8.42 Å². The van der Waals surface area contributed by atoms with Crippen LogP contribution in [0, 0.1) is 5.92 Å². The Bertz CT molecular complexity index is 562. The molecule has 1 aromatic rings. The second-order valence-corrected chi connectivity index (χ2v) is 8.08. The molecule has 5 nitrogen and oxygen atoms in total. The summed E-state index contributed by atoms with van der Waals surface area (Å²) in [6, 6.07) is 7.15. The molecule has 124 valence electrons. The van der Waals surface area contributed by atoms with Gasteiger partial charge in [0.25, 0.3) is 0 Å². The Balaban J connectivity index is 2.03. The summed E-state index contributed by atoms with van der Waals surface area (Å²) in [5.41, 5.74) is 0. The van der Waals surface area contributed by atoms with Crippen molar-refractivity contribution in [3.8, 4) is 5.75 Å². The Kier molecular flexibility index (Phi) is 5.83. The smallest absolute Gasteiger partial charge is 0.243 e. The van der Waals surface area contributed by atoms with Crippen LogP contribution in [0.1, 0.15) is 26.7 Å². The number of ether oxygens (including phenoxy) is 1. The van der Waals surface area contributed by atoms with Gasteiger partial charge in [-0.05, 0) is 50.1 Å². The lowest BCUT2D eigenvalue weighted by Crippen LogP contribution is -2.43. The Labute approximate surface area is 133 Å². The minimum atomic E-state index is -3.39. The Morgan fingerprint density at radius 2 is 1.82 bits per heavy atom. The lowest BCUT2D eigenvalue weighted by Gasteiger charge is -2.31. The van der Waals surface area contributed by atoms with Gasteiger partial charge in [-0.15, -0.1) is 0 Å². The molecule has 1 heterocycles.